The van der Waals surface area contributed by atoms with E-state index in [4.69, 9.17) is 4.42 Å². The summed E-state index contributed by atoms with van der Waals surface area (Å²) in [6.45, 7) is 5.50. The maximum Gasteiger partial charge on any atom is 0.134 e. The van der Waals surface area contributed by atoms with Gasteiger partial charge in [0, 0.05) is 17.5 Å². The zero-order chi connectivity index (χ0) is 10.5. The molecule has 1 aromatic carbocycles. The Morgan fingerprint density at radius 2 is 2.20 bits per heavy atom. The number of rotatable bonds is 5. The first-order valence-corrected chi connectivity index (χ1v) is 5.18. The normalized spacial score (nSPS) is 10.7. The van der Waals surface area contributed by atoms with Crippen molar-refractivity contribution in [2.24, 2.45) is 0 Å². The van der Waals surface area contributed by atoms with Crippen LogP contribution in [0.25, 0.3) is 11.0 Å². The standard InChI is InChI=1S/C13H15NO/c1-2-3-8-14-9-11-10-15-13-7-5-4-6-12(11)13/h2,4-7,10,14H,1,3,8-9H2. The molecular weight excluding hydrogens is 186 g/mol. The van der Waals surface area contributed by atoms with Crippen molar-refractivity contribution in [2.75, 3.05) is 6.54 Å². The van der Waals surface area contributed by atoms with E-state index in [2.05, 4.69) is 18.0 Å². The lowest BCUT2D eigenvalue weighted by molar-refractivity contribution is 0.603. The van der Waals surface area contributed by atoms with E-state index in [0.29, 0.717) is 0 Å². The van der Waals surface area contributed by atoms with Gasteiger partial charge in [0.25, 0.3) is 0 Å². The van der Waals surface area contributed by atoms with Gasteiger partial charge in [0.05, 0.1) is 6.26 Å². The maximum absolute atomic E-state index is 5.45. The van der Waals surface area contributed by atoms with Crippen LogP contribution in [0.2, 0.25) is 0 Å². The lowest BCUT2D eigenvalue weighted by Gasteiger charge is -2.00. The Morgan fingerprint density at radius 3 is 3.07 bits per heavy atom. The molecule has 0 amide bonds. The Hall–Kier alpha value is -1.54. The number of hydrogen-bond donors (Lipinski definition) is 1. The van der Waals surface area contributed by atoms with Crippen LogP contribution < -0.4 is 5.32 Å². The van der Waals surface area contributed by atoms with Gasteiger partial charge in [0.1, 0.15) is 5.58 Å². The molecule has 0 aliphatic carbocycles. The molecule has 0 aliphatic rings. The molecule has 0 atom stereocenters. The van der Waals surface area contributed by atoms with Gasteiger partial charge in [-0.1, -0.05) is 24.3 Å². The molecule has 2 nitrogen and oxygen atoms in total. The Bertz CT molecular complexity index is 444. The van der Waals surface area contributed by atoms with Gasteiger partial charge in [-0.3, -0.25) is 0 Å². The van der Waals surface area contributed by atoms with E-state index in [0.717, 1.165) is 25.1 Å². The first-order chi connectivity index (χ1) is 7.42. The largest absolute Gasteiger partial charge is 0.464 e. The number of para-hydroxylation sites is 1. The third kappa shape index (κ3) is 2.28. The fourth-order valence-electron chi connectivity index (χ4n) is 1.60. The van der Waals surface area contributed by atoms with Crippen molar-refractivity contribution < 1.29 is 4.42 Å². The molecular formula is C13H15NO. The molecule has 0 unspecified atom stereocenters. The zero-order valence-electron chi connectivity index (χ0n) is 8.70. The molecule has 0 spiro atoms. The van der Waals surface area contributed by atoms with Crippen LogP contribution in [-0.4, -0.2) is 6.54 Å². The van der Waals surface area contributed by atoms with Crippen LogP contribution in [0.15, 0.2) is 47.6 Å². The molecule has 0 aliphatic heterocycles. The van der Waals surface area contributed by atoms with E-state index in [9.17, 15) is 0 Å². The average Bonchev–Trinajstić information content (AvgIpc) is 2.68. The highest BCUT2D eigenvalue weighted by atomic mass is 16.3. The van der Waals surface area contributed by atoms with Crippen molar-refractivity contribution in [3.05, 3.63) is 48.7 Å². The summed E-state index contributed by atoms with van der Waals surface area (Å²) in [4.78, 5) is 0. The summed E-state index contributed by atoms with van der Waals surface area (Å²) in [5.74, 6) is 0. The van der Waals surface area contributed by atoms with Gasteiger partial charge >= 0.3 is 0 Å². The second-order valence-electron chi connectivity index (χ2n) is 3.51. The first-order valence-electron chi connectivity index (χ1n) is 5.18. The molecule has 78 valence electrons. The van der Waals surface area contributed by atoms with Crippen molar-refractivity contribution in [3.8, 4) is 0 Å². The summed E-state index contributed by atoms with van der Waals surface area (Å²) in [6.07, 6.45) is 4.74. The molecule has 2 aromatic rings. The summed E-state index contributed by atoms with van der Waals surface area (Å²) in [6, 6.07) is 8.10. The molecule has 0 saturated carbocycles. The van der Waals surface area contributed by atoms with E-state index in [1.807, 2.05) is 30.5 Å². The van der Waals surface area contributed by atoms with E-state index in [1.165, 1.54) is 10.9 Å². The summed E-state index contributed by atoms with van der Waals surface area (Å²) >= 11 is 0. The molecule has 0 saturated heterocycles. The minimum absolute atomic E-state index is 0.852. The van der Waals surface area contributed by atoms with Gasteiger partial charge in [-0.2, -0.15) is 0 Å². The first kappa shape index (κ1) is 9.99. The lowest BCUT2D eigenvalue weighted by Crippen LogP contribution is -2.13. The minimum Gasteiger partial charge on any atom is -0.464 e. The highest BCUT2D eigenvalue weighted by Crippen LogP contribution is 2.20. The fraction of sp³-hybridized carbons (Fsp3) is 0.231. The Morgan fingerprint density at radius 1 is 1.33 bits per heavy atom. The van der Waals surface area contributed by atoms with Crippen LogP contribution in [0.1, 0.15) is 12.0 Å². The predicted molar refractivity (Wildman–Crippen MR) is 62.7 cm³/mol. The molecule has 1 heterocycles. The van der Waals surface area contributed by atoms with Gasteiger partial charge in [-0.05, 0) is 19.0 Å². The highest BCUT2D eigenvalue weighted by Gasteiger charge is 2.03. The summed E-state index contributed by atoms with van der Waals surface area (Å²) in [5, 5.41) is 4.55. The number of benzene rings is 1. The Balaban J connectivity index is 2.05. The van der Waals surface area contributed by atoms with E-state index in [1.54, 1.807) is 0 Å². The van der Waals surface area contributed by atoms with Gasteiger partial charge < -0.3 is 9.73 Å². The lowest BCUT2D eigenvalue weighted by atomic mass is 10.2. The van der Waals surface area contributed by atoms with E-state index >= 15 is 0 Å². The van der Waals surface area contributed by atoms with Crippen LogP contribution in [0.5, 0.6) is 0 Å². The van der Waals surface area contributed by atoms with Crippen molar-refractivity contribution in [3.63, 3.8) is 0 Å². The zero-order valence-corrected chi connectivity index (χ0v) is 8.70. The molecule has 0 bridgehead atoms. The van der Waals surface area contributed by atoms with Crippen molar-refractivity contribution in [2.45, 2.75) is 13.0 Å². The Labute approximate surface area is 89.6 Å². The van der Waals surface area contributed by atoms with Gasteiger partial charge in [0.15, 0.2) is 0 Å². The summed E-state index contributed by atoms with van der Waals surface area (Å²) in [5.41, 5.74) is 2.17. The number of nitrogens with one attached hydrogen (secondary N) is 1. The van der Waals surface area contributed by atoms with Crippen LogP contribution in [0.4, 0.5) is 0 Å². The maximum atomic E-state index is 5.45. The number of furan rings is 1. The number of fused-ring (bicyclic) bond motifs is 1. The molecule has 15 heavy (non-hydrogen) atoms. The van der Waals surface area contributed by atoms with E-state index in [-0.39, 0.29) is 0 Å². The average molecular weight is 201 g/mol. The second kappa shape index (κ2) is 4.80. The molecule has 1 aromatic heterocycles. The van der Waals surface area contributed by atoms with Crippen LogP contribution in [-0.2, 0) is 6.54 Å². The van der Waals surface area contributed by atoms with Crippen molar-refractivity contribution in [1.82, 2.24) is 5.32 Å². The third-order valence-electron chi connectivity index (χ3n) is 2.40. The van der Waals surface area contributed by atoms with Crippen LogP contribution >= 0.6 is 0 Å². The second-order valence-corrected chi connectivity index (χ2v) is 3.51. The molecule has 0 fully saturated rings. The SMILES string of the molecule is C=CCCNCc1coc2ccccc12. The summed E-state index contributed by atoms with van der Waals surface area (Å²) in [7, 11) is 0. The predicted octanol–water partition coefficient (Wildman–Crippen LogP) is 3.10. The van der Waals surface area contributed by atoms with Gasteiger partial charge in [0.2, 0.25) is 0 Å². The van der Waals surface area contributed by atoms with Crippen molar-refractivity contribution in [1.29, 1.82) is 0 Å². The van der Waals surface area contributed by atoms with Gasteiger partial charge in [-0.15, -0.1) is 6.58 Å². The summed E-state index contributed by atoms with van der Waals surface area (Å²) < 4.78 is 5.45. The van der Waals surface area contributed by atoms with Gasteiger partial charge in [-0.25, -0.2) is 0 Å². The molecule has 0 radical (unpaired) electrons. The van der Waals surface area contributed by atoms with E-state index < -0.39 is 0 Å². The molecule has 1 N–H and O–H groups in total. The minimum atomic E-state index is 0.852. The molecule has 2 heteroatoms. The Kier molecular flexibility index (Phi) is 3.20. The quantitative estimate of drug-likeness (QED) is 0.594. The smallest absolute Gasteiger partial charge is 0.134 e. The fourth-order valence-corrected chi connectivity index (χ4v) is 1.60. The van der Waals surface area contributed by atoms with Crippen LogP contribution in [0.3, 0.4) is 0 Å². The monoisotopic (exact) mass is 201 g/mol. The molecule has 2 rings (SSSR count). The van der Waals surface area contributed by atoms with Crippen LogP contribution in [0, 0.1) is 0 Å². The number of hydrogen-bond acceptors (Lipinski definition) is 2. The third-order valence-corrected chi connectivity index (χ3v) is 2.40. The topological polar surface area (TPSA) is 25.2 Å². The van der Waals surface area contributed by atoms with Crippen molar-refractivity contribution >= 4 is 11.0 Å². The highest BCUT2D eigenvalue weighted by molar-refractivity contribution is 5.80.